The molecule has 0 fully saturated rings. The van der Waals surface area contributed by atoms with Gasteiger partial charge in [-0.3, -0.25) is 4.98 Å². The first-order chi connectivity index (χ1) is 13.5. The minimum absolute atomic E-state index is 0.199. The van der Waals surface area contributed by atoms with Crippen molar-refractivity contribution >= 4 is 17.7 Å². The van der Waals surface area contributed by atoms with E-state index in [9.17, 15) is 4.79 Å². The fourth-order valence-corrected chi connectivity index (χ4v) is 4.45. The Labute approximate surface area is 171 Å². The van der Waals surface area contributed by atoms with Gasteiger partial charge in [-0.1, -0.05) is 43.8 Å². The van der Waals surface area contributed by atoms with E-state index in [0.29, 0.717) is 18.7 Å². The highest BCUT2D eigenvalue weighted by Crippen LogP contribution is 2.39. The standard InChI is InChI=1S/C23H26N2O2S/c1-5-27-23(26)19-15-25(14-18-10-12-24-13-11-18)22(21(19)16(2)3)28-20-9-7-6-8-17(20)4/h6-13,15-16H,5,14H2,1-4H3. The zero-order valence-corrected chi connectivity index (χ0v) is 17.6. The van der Waals surface area contributed by atoms with E-state index in [1.165, 1.54) is 10.5 Å². The highest BCUT2D eigenvalue weighted by molar-refractivity contribution is 7.99. The van der Waals surface area contributed by atoms with E-state index in [-0.39, 0.29) is 11.9 Å². The van der Waals surface area contributed by atoms with Crippen molar-refractivity contribution in [2.45, 2.75) is 50.1 Å². The zero-order chi connectivity index (χ0) is 20.1. The van der Waals surface area contributed by atoms with Gasteiger partial charge < -0.3 is 9.30 Å². The molecule has 0 N–H and O–H groups in total. The number of benzene rings is 1. The van der Waals surface area contributed by atoms with Crippen LogP contribution in [0.4, 0.5) is 0 Å². The molecule has 0 amide bonds. The molecule has 0 spiro atoms. The summed E-state index contributed by atoms with van der Waals surface area (Å²) in [5.41, 5.74) is 4.06. The Hall–Kier alpha value is -2.53. The fraction of sp³-hybridized carbons (Fsp3) is 0.304. The summed E-state index contributed by atoms with van der Waals surface area (Å²) < 4.78 is 7.50. The number of nitrogens with zero attached hydrogens (tertiary/aromatic N) is 2. The van der Waals surface area contributed by atoms with Gasteiger partial charge in [0.15, 0.2) is 0 Å². The van der Waals surface area contributed by atoms with Crippen LogP contribution in [0.25, 0.3) is 0 Å². The van der Waals surface area contributed by atoms with Crippen LogP contribution in [0.3, 0.4) is 0 Å². The third-order valence-electron chi connectivity index (χ3n) is 4.54. The van der Waals surface area contributed by atoms with Crippen molar-refractivity contribution in [2.75, 3.05) is 6.61 Å². The molecule has 0 radical (unpaired) electrons. The van der Waals surface area contributed by atoms with Crippen LogP contribution in [0.5, 0.6) is 0 Å². The van der Waals surface area contributed by atoms with Gasteiger partial charge in [-0.2, -0.15) is 0 Å². The second-order valence-electron chi connectivity index (χ2n) is 6.99. The fourth-order valence-electron chi connectivity index (χ4n) is 3.17. The lowest BCUT2D eigenvalue weighted by molar-refractivity contribution is 0.0524. The number of aromatic nitrogens is 2. The molecular formula is C23H26N2O2S. The largest absolute Gasteiger partial charge is 0.462 e. The Morgan fingerprint density at radius 3 is 2.54 bits per heavy atom. The lowest BCUT2D eigenvalue weighted by Gasteiger charge is -2.15. The Bertz CT molecular complexity index is 948. The van der Waals surface area contributed by atoms with Gasteiger partial charge in [-0.25, -0.2) is 4.79 Å². The van der Waals surface area contributed by atoms with Crippen LogP contribution in [0.15, 0.2) is 64.9 Å². The number of carbonyl (C=O) groups excluding carboxylic acids is 1. The highest BCUT2D eigenvalue weighted by atomic mass is 32.2. The van der Waals surface area contributed by atoms with E-state index in [4.69, 9.17) is 4.74 Å². The molecular weight excluding hydrogens is 368 g/mol. The average Bonchev–Trinajstić information content (AvgIpc) is 3.03. The first-order valence-electron chi connectivity index (χ1n) is 9.53. The van der Waals surface area contributed by atoms with Crippen LogP contribution in [0, 0.1) is 6.92 Å². The van der Waals surface area contributed by atoms with Crippen LogP contribution in [-0.4, -0.2) is 22.1 Å². The Morgan fingerprint density at radius 1 is 1.18 bits per heavy atom. The predicted molar refractivity (Wildman–Crippen MR) is 113 cm³/mol. The van der Waals surface area contributed by atoms with Crippen molar-refractivity contribution in [3.05, 3.63) is 77.2 Å². The summed E-state index contributed by atoms with van der Waals surface area (Å²) in [6.45, 7) is 9.24. The van der Waals surface area contributed by atoms with Crippen LogP contribution in [0.2, 0.25) is 0 Å². The maximum Gasteiger partial charge on any atom is 0.340 e. The molecule has 0 saturated heterocycles. The Kier molecular flexibility index (Phi) is 6.57. The van der Waals surface area contributed by atoms with E-state index in [1.807, 2.05) is 37.4 Å². The molecule has 3 rings (SSSR count). The topological polar surface area (TPSA) is 44.1 Å². The molecule has 4 nitrogen and oxygen atoms in total. The molecule has 0 atom stereocenters. The summed E-state index contributed by atoms with van der Waals surface area (Å²) in [5.74, 6) is -0.0593. The van der Waals surface area contributed by atoms with Gasteiger partial charge in [0.2, 0.25) is 0 Å². The molecule has 0 aliphatic carbocycles. The predicted octanol–water partition coefficient (Wildman–Crippen LogP) is 5.69. The maximum atomic E-state index is 12.7. The second-order valence-corrected chi connectivity index (χ2v) is 8.02. The molecule has 0 unspecified atom stereocenters. The number of carbonyl (C=O) groups is 1. The van der Waals surface area contributed by atoms with Gasteiger partial charge in [0, 0.05) is 35.6 Å². The lowest BCUT2D eigenvalue weighted by Crippen LogP contribution is -2.07. The van der Waals surface area contributed by atoms with Crippen LogP contribution < -0.4 is 0 Å². The number of ether oxygens (including phenoxy) is 1. The number of rotatable bonds is 7. The quantitative estimate of drug-likeness (QED) is 0.483. The van der Waals surface area contributed by atoms with Gasteiger partial charge >= 0.3 is 5.97 Å². The third kappa shape index (κ3) is 4.47. The van der Waals surface area contributed by atoms with Gasteiger partial charge in [0.25, 0.3) is 0 Å². The summed E-state index contributed by atoms with van der Waals surface area (Å²) >= 11 is 1.71. The molecule has 3 aromatic rings. The molecule has 2 heterocycles. The molecule has 2 aromatic heterocycles. The van der Waals surface area contributed by atoms with Gasteiger partial charge in [0.1, 0.15) is 0 Å². The number of esters is 1. The van der Waals surface area contributed by atoms with E-state index in [1.54, 1.807) is 24.2 Å². The molecule has 5 heteroatoms. The number of pyridine rings is 1. The normalized spacial score (nSPS) is 11.0. The molecule has 146 valence electrons. The van der Waals surface area contributed by atoms with E-state index in [0.717, 1.165) is 16.2 Å². The van der Waals surface area contributed by atoms with E-state index >= 15 is 0 Å². The summed E-state index contributed by atoms with van der Waals surface area (Å²) in [7, 11) is 0. The molecule has 0 bridgehead atoms. The zero-order valence-electron chi connectivity index (χ0n) is 16.8. The van der Waals surface area contributed by atoms with Crippen LogP contribution in [-0.2, 0) is 11.3 Å². The Morgan fingerprint density at radius 2 is 1.89 bits per heavy atom. The average molecular weight is 395 g/mol. The van der Waals surface area contributed by atoms with Crippen molar-refractivity contribution in [1.29, 1.82) is 0 Å². The third-order valence-corrected chi connectivity index (χ3v) is 5.87. The minimum atomic E-state index is -0.258. The minimum Gasteiger partial charge on any atom is -0.462 e. The molecule has 1 aromatic carbocycles. The highest BCUT2D eigenvalue weighted by Gasteiger charge is 2.25. The van der Waals surface area contributed by atoms with E-state index in [2.05, 4.69) is 42.5 Å². The van der Waals surface area contributed by atoms with E-state index < -0.39 is 0 Å². The smallest absolute Gasteiger partial charge is 0.340 e. The SMILES string of the molecule is CCOC(=O)c1cn(Cc2ccncc2)c(Sc2ccccc2C)c1C(C)C. The van der Waals surface area contributed by atoms with Gasteiger partial charge in [-0.05, 0) is 49.1 Å². The maximum absolute atomic E-state index is 12.7. The summed E-state index contributed by atoms with van der Waals surface area (Å²) in [5, 5.41) is 1.09. The van der Waals surface area contributed by atoms with Crippen LogP contribution >= 0.6 is 11.8 Å². The second kappa shape index (κ2) is 9.11. The summed E-state index contributed by atoms with van der Waals surface area (Å²) in [4.78, 5) is 17.9. The molecule has 28 heavy (non-hydrogen) atoms. The van der Waals surface area contributed by atoms with Gasteiger partial charge in [-0.15, -0.1) is 0 Å². The summed E-state index contributed by atoms with van der Waals surface area (Å²) in [6, 6.07) is 12.3. The number of aryl methyl sites for hydroxylation is 1. The molecule has 0 aliphatic rings. The van der Waals surface area contributed by atoms with Crippen molar-refractivity contribution in [3.8, 4) is 0 Å². The number of hydrogen-bond acceptors (Lipinski definition) is 4. The van der Waals surface area contributed by atoms with Gasteiger partial charge in [0.05, 0.1) is 17.2 Å². The lowest BCUT2D eigenvalue weighted by atomic mass is 10.0. The first-order valence-corrected chi connectivity index (χ1v) is 10.4. The first kappa shape index (κ1) is 20.2. The monoisotopic (exact) mass is 394 g/mol. The Balaban J connectivity index is 2.11. The van der Waals surface area contributed by atoms with Crippen molar-refractivity contribution in [3.63, 3.8) is 0 Å². The van der Waals surface area contributed by atoms with Crippen molar-refractivity contribution < 1.29 is 9.53 Å². The van der Waals surface area contributed by atoms with Crippen LogP contribution in [0.1, 0.15) is 53.7 Å². The number of hydrogen-bond donors (Lipinski definition) is 0. The van der Waals surface area contributed by atoms with Crippen molar-refractivity contribution in [2.24, 2.45) is 0 Å². The summed E-state index contributed by atoms with van der Waals surface area (Å²) in [6.07, 6.45) is 5.53. The molecule has 0 aliphatic heterocycles. The van der Waals surface area contributed by atoms with Crippen molar-refractivity contribution in [1.82, 2.24) is 9.55 Å². The molecule has 0 saturated carbocycles.